The number of aryl methyl sites for hydroxylation is 1. The Labute approximate surface area is 128 Å². The van der Waals surface area contributed by atoms with Crippen molar-refractivity contribution in [3.63, 3.8) is 0 Å². The number of rotatable bonds is 5. The Hall–Kier alpha value is -2.15. The number of nitrogens with zero attached hydrogens (tertiary/aromatic N) is 3. The number of carbonyl (C=O) groups is 1. The van der Waals surface area contributed by atoms with Gasteiger partial charge in [-0.15, -0.1) is 0 Å². The molecule has 7 nitrogen and oxygen atoms in total. The molecule has 1 saturated heterocycles. The highest BCUT2D eigenvalue weighted by Gasteiger charge is 2.33. The fraction of sp³-hybridized carbons (Fsp3) is 0.533. The molecule has 0 aliphatic carbocycles. The number of furan rings is 1. The van der Waals surface area contributed by atoms with Crippen molar-refractivity contribution in [2.75, 3.05) is 20.2 Å². The van der Waals surface area contributed by atoms with Crippen LogP contribution in [0.25, 0.3) is 0 Å². The molecule has 0 saturated carbocycles. The molecule has 1 fully saturated rings. The van der Waals surface area contributed by atoms with Gasteiger partial charge in [0.25, 0.3) is 0 Å². The number of likely N-dealkylation sites (N-methyl/N-ethyl adjacent to an activating group) is 1. The van der Waals surface area contributed by atoms with E-state index in [1.54, 1.807) is 18.2 Å². The maximum absolute atomic E-state index is 12.3. The standard InChI is InChI=1S/C15H20N4O3/c1-10-3-5-21-12(10)7-14(20)19(2)8-13-11(4-6-22-13)15-16-9-17-18-15/h3,5,9,11,13H,4,6-8H2,1-2H3,(H,16,17,18)/t11-,13-/m1/s1. The minimum Gasteiger partial charge on any atom is -0.469 e. The smallest absolute Gasteiger partial charge is 0.230 e. The van der Waals surface area contributed by atoms with Gasteiger partial charge in [-0.25, -0.2) is 4.98 Å². The van der Waals surface area contributed by atoms with E-state index < -0.39 is 0 Å². The number of aromatic amines is 1. The predicted octanol–water partition coefficient (Wildman–Crippen LogP) is 1.28. The third-order valence-electron chi connectivity index (χ3n) is 4.15. The third kappa shape index (κ3) is 3.04. The third-order valence-corrected chi connectivity index (χ3v) is 4.15. The van der Waals surface area contributed by atoms with Crippen molar-refractivity contribution in [1.29, 1.82) is 0 Å². The molecule has 1 amide bonds. The molecule has 0 spiro atoms. The summed E-state index contributed by atoms with van der Waals surface area (Å²) in [5, 5.41) is 6.79. The van der Waals surface area contributed by atoms with Crippen LogP contribution in [0.2, 0.25) is 0 Å². The largest absolute Gasteiger partial charge is 0.469 e. The van der Waals surface area contributed by atoms with Gasteiger partial charge in [0.05, 0.1) is 18.8 Å². The first-order chi connectivity index (χ1) is 10.6. The van der Waals surface area contributed by atoms with Crippen molar-refractivity contribution < 1.29 is 13.9 Å². The van der Waals surface area contributed by atoms with Gasteiger partial charge in [-0.05, 0) is 25.0 Å². The molecule has 0 bridgehead atoms. The van der Waals surface area contributed by atoms with Crippen LogP contribution >= 0.6 is 0 Å². The molecule has 3 rings (SSSR count). The minimum atomic E-state index is -0.0559. The molecule has 0 aromatic carbocycles. The molecule has 3 heterocycles. The fourth-order valence-electron chi connectivity index (χ4n) is 2.76. The molecule has 7 heteroatoms. The summed E-state index contributed by atoms with van der Waals surface area (Å²) in [6.45, 7) is 3.14. The summed E-state index contributed by atoms with van der Waals surface area (Å²) >= 11 is 0. The van der Waals surface area contributed by atoms with Crippen molar-refractivity contribution in [3.05, 3.63) is 35.8 Å². The van der Waals surface area contributed by atoms with Gasteiger partial charge in [-0.2, -0.15) is 5.10 Å². The van der Waals surface area contributed by atoms with E-state index in [2.05, 4.69) is 15.2 Å². The Kier molecular flexibility index (Phi) is 4.24. The van der Waals surface area contributed by atoms with Crippen LogP contribution in [-0.4, -0.2) is 52.3 Å². The van der Waals surface area contributed by atoms with Gasteiger partial charge < -0.3 is 14.1 Å². The number of carbonyl (C=O) groups excluding carboxylic acids is 1. The molecule has 22 heavy (non-hydrogen) atoms. The Balaban J connectivity index is 1.60. The predicted molar refractivity (Wildman–Crippen MR) is 78.3 cm³/mol. The van der Waals surface area contributed by atoms with Crippen molar-refractivity contribution in [2.45, 2.75) is 31.8 Å². The van der Waals surface area contributed by atoms with Gasteiger partial charge in [0, 0.05) is 26.1 Å². The van der Waals surface area contributed by atoms with Gasteiger partial charge in [0.2, 0.25) is 5.91 Å². The lowest BCUT2D eigenvalue weighted by molar-refractivity contribution is -0.130. The summed E-state index contributed by atoms with van der Waals surface area (Å²) in [6, 6.07) is 1.86. The molecule has 2 aromatic heterocycles. The molecular formula is C15H20N4O3. The van der Waals surface area contributed by atoms with E-state index in [9.17, 15) is 4.79 Å². The topological polar surface area (TPSA) is 84.2 Å². The van der Waals surface area contributed by atoms with Crippen molar-refractivity contribution in [1.82, 2.24) is 20.1 Å². The second kappa shape index (κ2) is 6.31. The number of hydrogen-bond donors (Lipinski definition) is 1. The van der Waals surface area contributed by atoms with Gasteiger partial charge in [-0.3, -0.25) is 9.89 Å². The van der Waals surface area contributed by atoms with E-state index in [0.29, 0.717) is 13.2 Å². The highest BCUT2D eigenvalue weighted by atomic mass is 16.5. The van der Waals surface area contributed by atoms with E-state index in [4.69, 9.17) is 9.15 Å². The zero-order chi connectivity index (χ0) is 15.5. The van der Waals surface area contributed by atoms with Crippen LogP contribution in [0.15, 0.2) is 23.1 Å². The Morgan fingerprint density at radius 1 is 1.55 bits per heavy atom. The first kappa shape index (κ1) is 14.8. The number of nitrogens with one attached hydrogen (secondary N) is 1. The van der Waals surface area contributed by atoms with Crippen LogP contribution < -0.4 is 0 Å². The first-order valence-corrected chi connectivity index (χ1v) is 7.39. The van der Waals surface area contributed by atoms with Crippen LogP contribution in [0.1, 0.15) is 29.5 Å². The molecule has 1 aliphatic rings. The monoisotopic (exact) mass is 304 g/mol. The molecule has 2 aromatic rings. The lowest BCUT2D eigenvalue weighted by atomic mass is 10.0. The Bertz CT molecular complexity index is 623. The van der Waals surface area contributed by atoms with Crippen LogP contribution in [0, 0.1) is 6.92 Å². The fourth-order valence-corrected chi connectivity index (χ4v) is 2.76. The number of aromatic nitrogens is 3. The molecule has 1 aliphatic heterocycles. The molecule has 2 atom stereocenters. The van der Waals surface area contributed by atoms with E-state index in [-0.39, 0.29) is 24.3 Å². The summed E-state index contributed by atoms with van der Waals surface area (Å²) in [6.07, 6.45) is 4.21. The molecule has 1 N–H and O–H groups in total. The molecule has 118 valence electrons. The second-order valence-corrected chi connectivity index (χ2v) is 5.65. The average molecular weight is 304 g/mol. The van der Waals surface area contributed by atoms with E-state index in [0.717, 1.165) is 23.6 Å². The van der Waals surface area contributed by atoms with E-state index >= 15 is 0 Å². The second-order valence-electron chi connectivity index (χ2n) is 5.65. The summed E-state index contributed by atoms with van der Waals surface area (Å²) < 4.78 is 11.1. The summed E-state index contributed by atoms with van der Waals surface area (Å²) in [7, 11) is 1.79. The lowest BCUT2D eigenvalue weighted by Crippen LogP contribution is -2.37. The minimum absolute atomic E-state index is 0.0184. The van der Waals surface area contributed by atoms with Crippen LogP contribution in [0.4, 0.5) is 0 Å². The maximum atomic E-state index is 12.3. The zero-order valence-corrected chi connectivity index (χ0v) is 12.8. The van der Waals surface area contributed by atoms with Crippen molar-refractivity contribution >= 4 is 5.91 Å². The van der Waals surface area contributed by atoms with Crippen LogP contribution in [0.5, 0.6) is 0 Å². The summed E-state index contributed by atoms with van der Waals surface area (Å²) in [5.74, 6) is 1.72. The highest BCUT2D eigenvalue weighted by Crippen LogP contribution is 2.29. The van der Waals surface area contributed by atoms with Crippen LogP contribution in [0.3, 0.4) is 0 Å². The number of hydrogen-bond acceptors (Lipinski definition) is 5. The Morgan fingerprint density at radius 2 is 2.41 bits per heavy atom. The molecular weight excluding hydrogens is 284 g/mol. The first-order valence-electron chi connectivity index (χ1n) is 7.39. The maximum Gasteiger partial charge on any atom is 0.230 e. The number of amides is 1. The van der Waals surface area contributed by atoms with Gasteiger partial charge in [0.1, 0.15) is 17.9 Å². The summed E-state index contributed by atoms with van der Waals surface area (Å²) in [5.41, 5.74) is 0.999. The molecule has 0 unspecified atom stereocenters. The quantitative estimate of drug-likeness (QED) is 0.899. The Morgan fingerprint density at radius 3 is 3.09 bits per heavy atom. The number of ether oxygens (including phenoxy) is 1. The lowest BCUT2D eigenvalue weighted by Gasteiger charge is -2.23. The van der Waals surface area contributed by atoms with Crippen molar-refractivity contribution in [3.8, 4) is 0 Å². The number of H-pyrrole nitrogens is 1. The van der Waals surface area contributed by atoms with Gasteiger partial charge in [-0.1, -0.05) is 0 Å². The average Bonchev–Trinajstić information content (AvgIpc) is 3.21. The van der Waals surface area contributed by atoms with Crippen LogP contribution in [-0.2, 0) is 16.0 Å². The van der Waals surface area contributed by atoms with Gasteiger partial charge in [0.15, 0.2) is 0 Å². The van der Waals surface area contributed by atoms with Crippen molar-refractivity contribution in [2.24, 2.45) is 0 Å². The highest BCUT2D eigenvalue weighted by molar-refractivity contribution is 5.78. The van der Waals surface area contributed by atoms with E-state index in [1.165, 1.54) is 6.33 Å². The normalized spacial score (nSPS) is 21.2. The van der Waals surface area contributed by atoms with Gasteiger partial charge >= 0.3 is 0 Å². The summed E-state index contributed by atoms with van der Waals surface area (Å²) in [4.78, 5) is 18.2. The van der Waals surface area contributed by atoms with E-state index in [1.807, 2.05) is 13.0 Å². The zero-order valence-electron chi connectivity index (χ0n) is 12.8. The molecule has 0 radical (unpaired) electrons. The SMILES string of the molecule is Cc1ccoc1CC(=O)N(C)C[C@H]1OCC[C@H]1c1ncn[nH]1.